The Hall–Kier alpha value is -2.95. The van der Waals surface area contributed by atoms with Gasteiger partial charge >= 0.3 is 5.56 Å². The van der Waals surface area contributed by atoms with E-state index in [-0.39, 0.29) is 17.5 Å². The minimum Gasteiger partial charge on any atom is -0.598 e. The van der Waals surface area contributed by atoms with Crippen LogP contribution in [0.4, 0.5) is 14.5 Å². The molecule has 7 nitrogen and oxygen atoms in total. The molecule has 1 aliphatic carbocycles. The number of nitrogens with zero attached hydrogens (tertiary/aromatic N) is 4. The highest BCUT2D eigenvalue weighted by atomic mass is 32.2. The van der Waals surface area contributed by atoms with Gasteiger partial charge in [0.25, 0.3) is 0 Å². The van der Waals surface area contributed by atoms with Gasteiger partial charge < -0.3 is 14.2 Å². The lowest BCUT2D eigenvalue weighted by molar-refractivity contribution is 0.205. The van der Waals surface area contributed by atoms with Crippen LogP contribution in [0.15, 0.2) is 59.5 Å². The predicted molar refractivity (Wildman–Crippen MR) is 135 cm³/mol. The Bertz CT molecular complexity index is 1230. The molecule has 1 atom stereocenters. The zero-order valence-corrected chi connectivity index (χ0v) is 20.6. The molecular weight excluding hydrogens is 486 g/mol. The van der Waals surface area contributed by atoms with Gasteiger partial charge in [0.15, 0.2) is 5.75 Å². The summed E-state index contributed by atoms with van der Waals surface area (Å²) in [5, 5.41) is 4.23. The molecular formula is C26H28F2N4O3S. The van der Waals surface area contributed by atoms with Crippen LogP contribution in [0.1, 0.15) is 31.2 Å². The SMILES string of the molecule is O=c1c(OC2CCCC2)c(N2CCN([S+]([O-])Cc3ccccc3)CC2)cnn1-c1cc(F)cc(F)c1. The Labute approximate surface area is 211 Å². The van der Waals surface area contributed by atoms with Crippen LogP contribution in [0.5, 0.6) is 5.75 Å². The van der Waals surface area contributed by atoms with Crippen molar-refractivity contribution in [3.63, 3.8) is 0 Å². The standard InChI is InChI=1S/C26H28F2N4O3S/c27-20-14-21(28)16-22(15-20)32-26(33)25(35-23-8-4-5-9-23)24(17-29-32)30-10-12-31(13-11-30)36(34)18-19-6-2-1-3-7-19/h1-3,6-7,14-17,23H,4-5,8-13,18H2. The Balaban J connectivity index is 1.37. The Kier molecular flexibility index (Phi) is 7.54. The molecule has 0 amide bonds. The summed E-state index contributed by atoms with van der Waals surface area (Å²) in [5.41, 5.74) is 1.02. The minimum absolute atomic E-state index is 0.00134. The van der Waals surface area contributed by atoms with Crippen molar-refractivity contribution in [3.8, 4) is 11.4 Å². The normalized spacial score (nSPS) is 17.9. The number of benzene rings is 2. The van der Waals surface area contributed by atoms with E-state index in [1.165, 1.54) is 6.20 Å². The fraction of sp³-hybridized carbons (Fsp3) is 0.385. The molecule has 10 heteroatoms. The van der Waals surface area contributed by atoms with Gasteiger partial charge in [-0.3, -0.25) is 4.79 Å². The van der Waals surface area contributed by atoms with Crippen molar-refractivity contribution in [1.82, 2.24) is 14.1 Å². The summed E-state index contributed by atoms with van der Waals surface area (Å²) in [4.78, 5) is 15.5. The van der Waals surface area contributed by atoms with E-state index in [0.717, 1.165) is 54.1 Å². The summed E-state index contributed by atoms with van der Waals surface area (Å²) in [6.07, 6.45) is 5.19. The monoisotopic (exact) mass is 514 g/mol. The summed E-state index contributed by atoms with van der Waals surface area (Å²) in [5.74, 6) is -0.986. The number of rotatable bonds is 7. The van der Waals surface area contributed by atoms with E-state index in [2.05, 4.69) is 5.10 Å². The van der Waals surface area contributed by atoms with Crippen molar-refractivity contribution in [3.05, 3.63) is 82.3 Å². The van der Waals surface area contributed by atoms with Gasteiger partial charge in [-0.25, -0.2) is 8.78 Å². The van der Waals surface area contributed by atoms with Gasteiger partial charge in [0, 0.05) is 36.1 Å². The van der Waals surface area contributed by atoms with Gasteiger partial charge in [0.1, 0.15) is 17.3 Å². The first-order valence-corrected chi connectivity index (χ1v) is 13.4. The highest BCUT2D eigenvalue weighted by molar-refractivity contribution is 7.88. The second kappa shape index (κ2) is 11.0. The largest absolute Gasteiger partial charge is 0.598 e. The van der Waals surface area contributed by atoms with Gasteiger partial charge in [0.2, 0.25) is 5.75 Å². The van der Waals surface area contributed by atoms with Crippen LogP contribution in [0, 0.1) is 11.6 Å². The van der Waals surface area contributed by atoms with Crippen LogP contribution >= 0.6 is 0 Å². The number of anilines is 1. The van der Waals surface area contributed by atoms with Crippen LogP contribution in [0.3, 0.4) is 0 Å². The molecule has 0 radical (unpaired) electrons. The molecule has 190 valence electrons. The lowest BCUT2D eigenvalue weighted by Gasteiger charge is -2.36. The van der Waals surface area contributed by atoms with Crippen LogP contribution in [0.25, 0.3) is 5.69 Å². The zero-order valence-electron chi connectivity index (χ0n) is 19.8. The molecule has 1 aliphatic heterocycles. The van der Waals surface area contributed by atoms with E-state index in [9.17, 15) is 18.1 Å². The molecule has 1 saturated heterocycles. The molecule has 36 heavy (non-hydrogen) atoms. The molecule has 1 aromatic heterocycles. The third kappa shape index (κ3) is 5.55. The van der Waals surface area contributed by atoms with Crippen LogP contribution < -0.4 is 15.2 Å². The smallest absolute Gasteiger partial charge is 0.316 e. The molecule has 2 heterocycles. The molecule has 3 aromatic rings. The van der Waals surface area contributed by atoms with Crippen molar-refractivity contribution in [1.29, 1.82) is 0 Å². The maximum Gasteiger partial charge on any atom is 0.316 e. The molecule has 1 saturated carbocycles. The number of piperazine rings is 1. The molecule has 2 fully saturated rings. The minimum atomic E-state index is -1.15. The van der Waals surface area contributed by atoms with Crippen LogP contribution in [-0.4, -0.2) is 50.9 Å². The van der Waals surface area contributed by atoms with Crippen molar-refractivity contribution >= 4 is 17.0 Å². The lowest BCUT2D eigenvalue weighted by Crippen LogP contribution is -2.49. The van der Waals surface area contributed by atoms with Crippen molar-refractivity contribution in [2.45, 2.75) is 37.5 Å². The second-order valence-corrected chi connectivity index (χ2v) is 10.5. The van der Waals surface area contributed by atoms with Crippen molar-refractivity contribution in [2.75, 3.05) is 31.1 Å². The molecule has 2 aliphatic rings. The van der Waals surface area contributed by atoms with E-state index < -0.39 is 28.6 Å². The first-order chi connectivity index (χ1) is 17.5. The van der Waals surface area contributed by atoms with Gasteiger partial charge in [-0.2, -0.15) is 9.78 Å². The molecule has 1 unspecified atom stereocenters. The first-order valence-electron chi connectivity index (χ1n) is 12.2. The fourth-order valence-corrected chi connectivity index (χ4v) is 5.96. The maximum absolute atomic E-state index is 13.8. The average molecular weight is 515 g/mol. The van der Waals surface area contributed by atoms with E-state index in [0.29, 0.717) is 37.6 Å². The van der Waals surface area contributed by atoms with Crippen LogP contribution in [-0.2, 0) is 17.1 Å². The Morgan fingerprint density at radius 2 is 1.67 bits per heavy atom. The third-order valence-electron chi connectivity index (χ3n) is 6.59. The molecule has 0 bridgehead atoms. The summed E-state index contributed by atoms with van der Waals surface area (Å²) in [7, 11) is 0. The number of ether oxygens (including phenoxy) is 1. The van der Waals surface area contributed by atoms with E-state index in [4.69, 9.17) is 4.74 Å². The maximum atomic E-state index is 13.8. The van der Waals surface area contributed by atoms with Gasteiger partial charge in [-0.1, -0.05) is 30.3 Å². The fourth-order valence-electron chi connectivity index (χ4n) is 4.72. The number of halogens is 2. The van der Waals surface area contributed by atoms with Crippen LogP contribution in [0.2, 0.25) is 0 Å². The van der Waals surface area contributed by atoms with Crippen molar-refractivity contribution < 1.29 is 18.1 Å². The molecule has 0 spiro atoms. The molecule has 2 aromatic carbocycles. The summed E-state index contributed by atoms with van der Waals surface area (Å²) in [6.45, 7) is 2.20. The number of hydrogen-bond donors (Lipinski definition) is 0. The first kappa shape index (κ1) is 24.7. The third-order valence-corrected chi connectivity index (χ3v) is 8.12. The van der Waals surface area contributed by atoms with Gasteiger partial charge in [-0.15, -0.1) is 4.31 Å². The number of aromatic nitrogens is 2. The number of hydrogen-bond acceptors (Lipinski definition) is 6. The topological polar surface area (TPSA) is 73.7 Å². The Morgan fingerprint density at radius 3 is 2.33 bits per heavy atom. The highest BCUT2D eigenvalue weighted by Gasteiger charge is 2.30. The molecule has 5 rings (SSSR count). The van der Waals surface area contributed by atoms with Gasteiger partial charge in [0.05, 0.1) is 31.1 Å². The van der Waals surface area contributed by atoms with E-state index >= 15 is 0 Å². The zero-order chi connectivity index (χ0) is 25.1. The summed E-state index contributed by atoms with van der Waals surface area (Å²) in [6, 6.07) is 12.6. The average Bonchev–Trinajstić information content (AvgIpc) is 3.39. The molecule has 0 N–H and O–H groups in total. The quantitative estimate of drug-likeness (QED) is 0.447. The van der Waals surface area contributed by atoms with Gasteiger partial charge in [-0.05, 0) is 37.8 Å². The summed E-state index contributed by atoms with van der Waals surface area (Å²) >= 11 is -1.15. The summed E-state index contributed by atoms with van der Waals surface area (Å²) < 4.78 is 49.7. The van der Waals surface area contributed by atoms with Crippen molar-refractivity contribution in [2.24, 2.45) is 0 Å². The van der Waals surface area contributed by atoms with E-state index in [1.807, 2.05) is 39.5 Å². The van der Waals surface area contributed by atoms with E-state index in [1.54, 1.807) is 0 Å². The predicted octanol–water partition coefficient (Wildman–Crippen LogP) is 3.82. The Morgan fingerprint density at radius 1 is 1.00 bits per heavy atom. The second-order valence-electron chi connectivity index (χ2n) is 9.10. The lowest BCUT2D eigenvalue weighted by atomic mass is 10.2. The highest BCUT2D eigenvalue weighted by Crippen LogP contribution is 2.30.